The third-order valence-corrected chi connectivity index (χ3v) is 3.40. The highest BCUT2D eigenvalue weighted by molar-refractivity contribution is 7.99. The topological polar surface area (TPSA) is 68.0 Å². The Balaban J connectivity index is 2.58. The first-order chi connectivity index (χ1) is 7.15. The van der Waals surface area contributed by atoms with Gasteiger partial charge in [-0.2, -0.15) is 11.8 Å². The molecule has 1 N–H and O–H groups in total. The average molecular weight is 247 g/mol. The van der Waals surface area contributed by atoms with Crippen LogP contribution >= 0.6 is 23.5 Å². The Hall–Kier alpha value is -0.690. The zero-order valence-corrected chi connectivity index (χ0v) is 10.3. The summed E-state index contributed by atoms with van der Waals surface area (Å²) in [6.07, 6.45) is 2.90. The van der Waals surface area contributed by atoms with Gasteiger partial charge in [-0.05, 0) is 6.26 Å². The Morgan fingerprint density at radius 2 is 2.27 bits per heavy atom. The van der Waals surface area contributed by atoms with E-state index in [-0.39, 0.29) is 5.75 Å². The summed E-state index contributed by atoms with van der Waals surface area (Å²) in [4.78, 5) is 10.4. The van der Waals surface area contributed by atoms with Crippen molar-refractivity contribution in [3.63, 3.8) is 0 Å². The molecule has 0 spiro atoms. The summed E-state index contributed by atoms with van der Waals surface area (Å²) in [5.74, 6) is 1.08. The minimum atomic E-state index is -0.839. The maximum atomic E-state index is 10.4. The number of carboxylic acid groups (broad SMARTS) is 1. The van der Waals surface area contributed by atoms with Crippen LogP contribution in [0.15, 0.2) is 5.16 Å². The molecule has 5 nitrogen and oxygen atoms in total. The lowest BCUT2D eigenvalue weighted by Crippen LogP contribution is -2.03. The molecule has 0 amide bonds. The SMILES string of the molecule is CSCCc1nnc(SCC(=O)O)n1C. The normalized spacial score (nSPS) is 10.5. The second kappa shape index (κ2) is 6.02. The van der Waals surface area contributed by atoms with Crippen molar-refractivity contribution in [2.45, 2.75) is 11.6 Å². The van der Waals surface area contributed by atoms with Gasteiger partial charge in [-0.25, -0.2) is 0 Å². The maximum absolute atomic E-state index is 10.4. The fraction of sp³-hybridized carbons (Fsp3) is 0.625. The summed E-state index contributed by atoms with van der Waals surface area (Å²) in [5, 5.41) is 17.2. The number of aryl methyl sites for hydroxylation is 1. The van der Waals surface area contributed by atoms with Crippen LogP contribution in [0, 0.1) is 0 Å². The van der Waals surface area contributed by atoms with E-state index in [2.05, 4.69) is 10.2 Å². The fourth-order valence-electron chi connectivity index (χ4n) is 1.01. The number of carboxylic acids is 1. The van der Waals surface area contributed by atoms with Gasteiger partial charge in [0.15, 0.2) is 5.16 Å². The molecule has 0 radical (unpaired) electrons. The zero-order valence-electron chi connectivity index (χ0n) is 8.63. The molecule has 0 unspecified atom stereocenters. The predicted octanol–water partition coefficient (Wildman–Crippen LogP) is 0.897. The van der Waals surface area contributed by atoms with Gasteiger partial charge in [-0.3, -0.25) is 4.79 Å². The number of carbonyl (C=O) groups is 1. The van der Waals surface area contributed by atoms with Crippen molar-refractivity contribution in [3.05, 3.63) is 5.82 Å². The number of aromatic nitrogens is 3. The highest BCUT2D eigenvalue weighted by Gasteiger charge is 2.10. The average Bonchev–Trinajstić information content (AvgIpc) is 2.54. The van der Waals surface area contributed by atoms with E-state index in [1.54, 1.807) is 11.8 Å². The minimum Gasteiger partial charge on any atom is -0.481 e. The highest BCUT2D eigenvalue weighted by Crippen LogP contribution is 2.15. The second-order valence-corrected chi connectivity index (χ2v) is 4.81. The Labute approximate surface area is 96.6 Å². The summed E-state index contributed by atoms with van der Waals surface area (Å²) < 4.78 is 1.85. The van der Waals surface area contributed by atoms with Crippen LogP contribution in [0.2, 0.25) is 0 Å². The van der Waals surface area contributed by atoms with Crippen LogP contribution < -0.4 is 0 Å². The van der Waals surface area contributed by atoms with Gasteiger partial charge in [0.2, 0.25) is 0 Å². The van der Waals surface area contributed by atoms with Crippen LogP contribution in [0.1, 0.15) is 5.82 Å². The number of hydrogen-bond donors (Lipinski definition) is 1. The quantitative estimate of drug-likeness (QED) is 0.753. The molecule has 0 bridgehead atoms. The first-order valence-corrected chi connectivity index (χ1v) is 6.75. The van der Waals surface area contributed by atoms with Crippen LogP contribution in [0.5, 0.6) is 0 Å². The summed E-state index contributed by atoms with van der Waals surface area (Å²) >= 11 is 2.94. The minimum absolute atomic E-state index is 0.0223. The Bertz CT molecular complexity index is 341. The van der Waals surface area contributed by atoms with Gasteiger partial charge in [-0.15, -0.1) is 10.2 Å². The lowest BCUT2D eigenvalue weighted by atomic mass is 10.4. The molecule has 1 heterocycles. The van der Waals surface area contributed by atoms with Gasteiger partial charge in [0.1, 0.15) is 5.82 Å². The molecule has 7 heteroatoms. The molecule has 0 saturated carbocycles. The first kappa shape index (κ1) is 12.4. The second-order valence-electron chi connectivity index (χ2n) is 2.88. The van der Waals surface area contributed by atoms with E-state index in [0.29, 0.717) is 5.16 Å². The number of thioether (sulfide) groups is 2. The monoisotopic (exact) mass is 247 g/mol. The van der Waals surface area contributed by atoms with Crippen molar-refractivity contribution in [2.24, 2.45) is 7.05 Å². The van der Waals surface area contributed by atoms with E-state index < -0.39 is 5.97 Å². The van der Waals surface area contributed by atoms with Crippen molar-refractivity contribution >= 4 is 29.5 Å². The van der Waals surface area contributed by atoms with Gasteiger partial charge >= 0.3 is 5.97 Å². The Morgan fingerprint density at radius 3 is 2.87 bits per heavy atom. The van der Waals surface area contributed by atoms with Gasteiger partial charge < -0.3 is 9.67 Å². The molecule has 1 rings (SSSR count). The summed E-state index contributed by atoms with van der Waals surface area (Å²) in [5.41, 5.74) is 0. The van der Waals surface area contributed by atoms with E-state index in [9.17, 15) is 4.79 Å². The van der Waals surface area contributed by atoms with Crippen LogP contribution in [-0.4, -0.2) is 43.6 Å². The predicted molar refractivity (Wildman–Crippen MR) is 61.4 cm³/mol. The molecule has 0 saturated heterocycles. The summed E-state index contributed by atoms with van der Waals surface area (Å²) in [6, 6.07) is 0. The molecule has 0 aliphatic carbocycles. The highest BCUT2D eigenvalue weighted by atomic mass is 32.2. The number of nitrogens with zero attached hydrogens (tertiary/aromatic N) is 3. The van der Waals surface area contributed by atoms with Gasteiger partial charge in [0.05, 0.1) is 5.75 Å². The van der Waals surface area contributed by atoms with Crippen molar-refractivity contribution in [1.29, 1.82) is 0 Å². The molecule has 0 aliphatic rings. The number of hydrogen-bond acceptors (Lipinski definition) is 5. The zero-order chi connectivity index (χ0) is 11.3. The molecule has 0 aromatic carbocycles. The third kappa shape index (κ3) is 3.75. The van der Waals surface area contributed by atoms with Gasteiger partial charge in [0, 0.05) is 19.2 Å². The fourth-order valence-corrected chi connectivity index (χ4v) is 2.04. The Morgan fingerprint density at radius 1 is 1.53 bits per heavy atom. The van der Waals surface area contributed by atoms with Crippen molar-refractivity contribution in [3.8, 4) is 0 Å². The van der Waals surface area contributed by atoms with E-state index >= 15 is 0 Å². The summed E-state index contributed by atoms with van der Waals surface area (Å²) in [7, 11) is 1.86. The maximum Gasteiger partial charge on any atom is 0.313 e. The molecule has 0 fully saturated rings. The Kier molecular flexibility index (Phi) is 4.97. The van der Waals surface area contributed by atoms with Crippen LogP contribution in [0.25, 0.3) is 0 Å². The van der Waals surface area contributed by atoms with E-state index in [4.69, 9.17) is 5.11 Å². The molecule has 84 valence electrons. The first-order valence-electron chi connectivity index (χ1n) is 4.37. The van der Waals surface area contributed by atoms with Crippen LogP contribution in [0.3, 0.4) is 0 Å². The molecule has 0 aliphatic heterocycles. The van der Waals surface area contributed by atoms with Crippen molar-refractivity contribution in [2.75, 3.05) is 17.8 Å². The van der Waals surface area contributed by atoms with E-state index in [0.717, 1.165) is 18.0 Å². The largest absolute Gasteiger partial charge is 0.481 e. The van der Waals surface area contributed by atoms with Crippen LogP contribution in [-0.2, 0) is 18.3 Å². The van der Waals surface area contributed by atoms with Gasteiger partial charge in [-0.1, -0.05) is 11.8 Å². The standard InChI is InChI=1S/C8H13N3O2S2/c1-11-6(3-4-14-2)9-10-8(11)15-5-7(12)13/h3-5H2,1-2H3,(H,12,13). The molecule has 1 aromatic heterocycles. The number of rotatable bonds is 6. The smallest absolute Gasteiger partial charge is 0.313 e. The van der Waals surface area contributed by atoms with Crippen molar-refractivity contribution in [1.82, 2.24) is 14.8 Å². The van der Waals surface area contributed by atoms with Crippen LogP contribution in [0.4, 0.5) is 0 Å². The van der Waals surface area contributed by atoms with Gasteiger partial charge in [0.25, 0.3) is 0 Å². The number of aliphatic carboxylic acids is 1. The molecular formula is C8H13N3O2S2. The molecule has 1 aromatic rings. The van der Waals surface area contributed by atoms with E-state index in [1.807, 2.05) is 17.9 Å². The lowest BCUT2D eigenvalue weighted by Gasteiger charge is -2.01. The molecule has 15 heavy (non-hydrogen) atoms. The molecular weight excluding hydrogens is 234 g/mol. The summed E-state index contributed by atoms with van der Waals surface area (Å²) in [6.45, 7) is 0. The third-order valence-electron chi connectivity index (χ3n) is 1.78. The lowest BCUT2D eigenvalue weighted by molar-refractivity contribution is -0.133. The van der Waals surface area contributed by atoms with Crippen molar-refractivity contribution < 1.29 is 9.90 Å². The van der Waals surface area contributed by atoms with E-state index in [1.165, 1.54) is 11.8 Å². The molecule has 0 atom stereocenters.